The van der Waals surface area contributed by atoms with E-state index in [1.54, 1.807) is 0 Å². The molecule has 2 nitrogen and oxygen atoms in total. The van der Waals surface area contributed by atoms with Gasteiger partial charge < -0.3 is 4.90 Å². The molecule has 1 aromatic rings. The lowest BCUT2D eigenvalue weighted by Crippen LogP contribution is -2.29. The summed E-state index contributed by atoms with van der Waals surface area (Å²) < 4.78 is 0. The van der Waals surface area contributed by atoms with Crippen molar-refractivity contribution in [2.45, 2.75) is 32.1 Å². The summed E-state index contributed by atoms with van der Waals surface area (Å²) in [7, 11) is 0. The minimum atomic E-state index is -0.00425. The molecule has 2 rings (SSSR count). The molecular formula is C14H18N2. The molecule has 1 fully saturated rings. The maximum atomic E-state index is 8.85. The summed E-state index contributed by atoms with van der Waals surface area (Å²) in [6, 6.07) is 10.7. The molecule has 2 heteroatoms. The van der Waals surface area contributed by atoms with Crippen LogP contribution in [-0.4, -0.2) is 13.1 Å². The predicted octanol–water partition coefficient (Wildman–Crippen LogP) is 3.30. The van der Waals surface area contributed by atoms with Gasteiger partial charge in [0.15, 0.2) is 0 Å². The van der Waals surface area contributed by atoms with E-state index < -0.39 is 0 Å². The van der Waals surface area contributed by atoms with E-state index in [4.69, 9.17) is 5.26 Å². The Balaban J connectivity index is 2.09. The van der Waals surface area contributed by atoms with Crippen molar-refractivity contribution in [3.05, 3.63) is 29.8 Å². The van der Waals surface area contributed by atoms with Gasteiger partial charge in [-0.05, 0) is 43.9 Å². The lowest BCUT2D eigenvalue weighted by Gasteiger charge is -2.28. The minimum Gasteiger partial charge on any atom is -0.372 e. The topological polar surface area (TPSA) is 27.0 Å². The third-order valence-corrected chi connectivity index (χ3v) is 3.31. The second-order valence-corrected chi connectivity index (χ2v) is 4.49. The van der Waals surface area contributed by atoms with Crippen LogP contribution in [0.3, 0.4) is 0 Å². The Kier molecular flexibility index (Phi) is 3.46. The van der Waals surface area contributed by atoms with Crippen LogP contribution >= 0.6 is 0 Å². The lowest BCUT2D eigenvalue weighted by molar-refractivity contribution is 0.578. The molecule has 1 aliphatic rings. The summed E-state index contributed by atoms with van der Waals surface area (Å²) in [6.07, 6.45) is 3.97. The lowest BCUT2D eigenvalue weighted by atomic mass is 10.0. The van der Waals surface area contributed by atoms with Gasteiger partial charge in [0.1, 0.15) is 0 Å². The molecule has 0 radical (unpaired) electrons. The Bertz CT molecular complexity index is 369. The number of anilines is 1. The van der Waals surface area contributed by atoms with Crippen molar-refractivity contribution >= 4 is 5.69 Å². The molecule has 1 saturated heterocycles. The monoisotopic (exact) mass is 214 g/mol. The first kappa shape index (κ1) is 11.0. The van der Waals surface area contributed by atoms with Gasteiger partial charge in [-0.3, -0.25) is 0 Å². The molecule has 0 amide bonds. The van der Waals surface area contributed by atoms with E-state index in [1.807, 2.05) is 6.92 Å². The van der Waals surface area contributed by atoms with Crippen molar-refractivity contribution in [3.63, 3.8) is 0 Å². The third kappa shape index (κ3) is 2.36. The summed E-state index contributed by atoms with van der Waals surface area (Å²) in [5.74, 6) is -0.00425. The zero-order chi connectivity index (χ0) is 11.4. The SMILES string of the molecule is CC(C#N)c1ccc(N2CCCCC2)cc1. The fraction of sp³-hybridized carbons (Fsp3) is 0.500. The number of benzene rings is 1. The molecule has 0 aromatic heterocycles. The summed E-state index contributed by atoms with van der Waals surface area (Å²) in [5.41, 5.74) is 2.41. The Morgan fingerprint density at radius 3 is 2.31 bits per heavy atom. The van der Waals surface area contributed by atoms with Gasteiger partial charge in [-0.2, -0.15) is 5.26 Å². The number of hydrogen-bond donors (Lipinski definition) is 0. The summed E-state index contributed by atoms with van der Waals surface area (Å²) in [4.78, 5) is 2.43. The molecule has 1 atom stereocenters. The van der Waals surface area contributed by atoms with Crippen LogP contribution in [0.2, 0.25) is 0 Å². The highest BCUT2D eigenvalue weighted by Crippen LogP contribution is 2.22. The molecule has 0 N–H and O–H groups in total. The quantitative estimate of drug-likeness (QED) is 0.755. The molecule has 0 saturated carbocycles. The van der Waals surface area contributed by atoms with Crippen molar-refractivity contribution in [2.75, 3.05) is 18.0 Å². The van der Waals surface area contributed by atoms with Crippen molar-refractivity contribution < 1.29 is 0 Å². The maximum absolute atomic E-state index is 8.85. The maximum Gasteiger partial charge on any atom is 0.0700 e. The zero-order valence-electron chi connectivity index (χ0n) is 9.82. The van der Waals surface area contributed by atoms with Crippen molar-refractivity contribution in [1.29, 1.82) is 5.26 Å². The van der Waals surface area contributed by atoms with Gasteiger partial charge in [0, 0.05) is 18.8 Å². The van der Waals surface area contributed by atoms with Crippen molar-refractivity contribution in [2.24, 2.45) is 0 Å². The number of nitrogens with zero attached hydrogens (tertiary/aromatic N) is 2. The fourth-order valence-electron chi connectivity index (χ4n) is 2.20. The first-order valence-corrected chi connectivity index (χ1v) is 6.06. The highest BCUT2D eigenvalue weighted by molar-refractivity contribution is 5.48. The molecule has 0 bridgehead atoms. The van der Waals surface area contributed by atoms with Crippen molar-refractivity contribution in [1.82, 2.24) is 0 Å². The number of hydrogen-bond acceptors (Lipinski definition) is 2. The Labute approximate surface area is 97.5 Å². The van der Waals surface area contributed by atoms with Crippen LogP contribution in [0.4, 0.5) is 5.69 Å². The number of piperidine rings is 1. The van der Waals surface area contributed by atoms with Crippen LogP contribution in [0.5, 0.6) is 0 Å². The van der Waals surface area contributed by atoms with Crippen molar-refractivity contribution in [3.8, 4) is 6.07 Å². The molecular weight excluding hydrogens is 196 g/mol. The highest BCUT2D eigenvalue weighted by atomic mass is 15.1. The van der Waals surface area contributed by atoms with Crippen LogP contribution in [0.1, 0.15) is 37.7 Å². The van der Waals surface area contributed by atoms with Crippen LogP contribution in [0.15, 0.2) is 24.3 Å². The van der Waals surface area contributed by atoms with Gasteiger partial charge in [-0.15, -0.1) is 0 Å². The Morgan fingerprint density at radius 2 is 1.75 bits per heavy atom. The van der Waals surface area contributed by atoms with Gasteiger partial charge in [0.05, 0.1) is 12.0 Å². The second kappa shape index (κ2) is 5.03. The van der Waals surface area contributed by atoms with E-state index in [0.29, 0.717) is 0 Å². The van der Waals surface area contributed by atoms with Crippen LogP contribution in [0.25, 0.3) is 0 Å². The van der Waals surface area contributed by atoms with E-state index in [9.17, 15) is 0 Å². The molecule has 1 unspecified atom stereocenters. The normalized spacial score (nSPS) is 17.9. The van der Waals surface area contributed by atoms with E-state index >= 15 is 0 Å². The third-order valence-electron chi connectivity index (χ3n) is 3.31. The minimum absolute atomic E-state index is 0.00425. The van der Waals surface area contributed by atoms with Crippen LogP contribution in [-0.2, 0) is 0 Å². The van der Waals surface area contributed by atoms with E-state index in [0.717, 1.165) is 5.56 Å². The highest BCUT2D eigenvalue weighted by Gasteiger charge is 2.11. The number of rotatable bonds is 2. The van der Waals surface area contributed by atoms with Crippen LogP contribution in [0, 0.1) is 11.3 Å². The molecule has 84 valence electrons. The molecule has 1 aromatic carbocycles. The van der Waals surface area contributed by atoms with E-state index in [1.165, 1.54) is 38.0 Å². The summed E-state index contributed by atoms with van der Waals surface area (Å²) in [6.45, 7) is 4.29. The molecule has 0 aliphatic carbocycles. The molecule has 1 aliphatic heterocycles. The standard InChI is InChI=1S/C14H18N2/c1-12(11-15)13-5-7-14(8-6-13)16-9-3-2-4-10-16/h5-8,12H,2-4,9-10H2,1H3. The first-order valence-electron chi connectivity index (χ1n) is 6.06. The van der Waals surface area contributed by atoms with Crippen LogP contribution < -0.4 is 4.90 Å². The van der Waals surface area contributed by atoms with Gasteiger partial charge in [-0.1, -0.05) is 12.1 Å². The Hall–Kier alpha value is -1.49. The van der Waals surface area contributed by atoms with Gasteiger partial charge in [0.2, 0.25) is 0 Å². The number of nitriles is 1. The summed E-state index contributed by atoms with van der Waals surface area (Å²) in [5, 5.41) is 8.85. The van der Waals surface area contributed by atoms with E-state index in [-0.39, 0.29) is 5.92 Å². The molecule has 16 heavy (non-hydrogen) atoms. The van der Waals surface area contributed by atoms with E-state index in [2.05, 4.69) is 35.2 Å². The predicted molar refractivity (Wildman–Crippen MR) is 66.5 cm³/mol. The van der Waals surface area contributed by atoms with Gasteiger partial charge >= 0.3 is 0 Å². The van der Waals surface area contributed by atoms with Gasteiger partial charge in [0.25, 0.3) is 0 Å². The smallest absolute Gasteiger partial charge is 0.0700 e. The van der Waals surface area contributed by atoms with Gasteiger partial charge in [-0.25, -0.2) is 0 Å². The first-order chi connectivity index (χ1) is 7.81. The fourth-order valence-corrected chi connectivity index (χ4v) is 2.20. The summed E-state index contributed by atoms with van der Waals surface area (Å²) >= 11 is 0. The average Bonchev–Trinajstić information content (AvgIpc) is 2.39. The largest absolute Gasteiger partial charge is 0.372 e. The zero-order valence-corrected chi connectivity index (χ0v) is 9.82. The Morgan fingerprint density at radius 1 is 1.12 bits per heavy atom. The molecule has 0 spiro atoms. The second-order valence-electron chi connectivity index (χ2n) is 4.49. The average molecular weight is 214 g/mol. The molecule has 1 heterocycles.